The average Bonchev–Trinajstić information content (AvgIpc) is 2.73. The Labute approximate surface area is 169 Å². The summed E-state index contributed by atoms with van der Waals surface area (Å²) in [5.74, 6) is -2.49. The van der Waals surface area contributed by atoms with E-state index in [9.17, 15) is 13.2 Å². The zero-order valence-electron chi connectivity index (χ0n) is 16.8. The van der Waals surface area contributed by atoms with E-state index >= 15 is 0 Å². The first-order valence-electron chi connectivity index (χ1n) is 10.2. The molecule has 0 aliphatic carbocycles. The molecular weight excluding hydrogens is 381 g/mol. The van der Waals surface area contributed by atoms with Crippen molar-refractivity contribution in [1.29, 1.82) is 0 Å². The van der Waals surface area contributed by atoms with Gasteiger partial charge in [-0.15, -0.1) is 0 Å². The van der Waals surface area contributed by atoms with Crippen LogP contribution in [0.25, 0.3) is 11.1 Å². The van der Waals surface area contributed by atoms with E-state index in [2.05, 4.69) is 6.92 Å². The second kappa shape index (κ2) is 10.1. The lowest BCUT2D eigenvalue weighted by molar-refractivity contribution is -0.0881. The summed E-state index contributed by atoms with van der Waals surface area (Å²) < 4.78 is 60.3. The van der Waals surface area contributed by atoms with Crippen molar-refractivity contribution in [1.82, 2.24) is 0 Å². The van der Waals surface area contributed by atoms with Crippen LogP contribution in [0.2, 0.25) is 0 Å². The van der Waals surface area contributed by atoms with Crippen molar-refractivity contribution in [3.05, 3.63) is 53.3 Å². The van der Waals surface area contributed by atoms with Crippen LogP contribution >= 0.6 is 0 Å². The van der Waals surface area contributed by atoms with Crippen molar-refractivity contribution < 1.29 is 27.4 Å². The minimum Gasteiger partial charge on any atom is -0.491 e. The van der Waals surface area contributed by atoms with Gasteiger partial charge in [0.2, 0.25) is 0 Å². The maximum absolute atomic E-state index is 14.8. The van der Waals surface area contributed by atoms with Gasteiger partial charge in [-0.05, 0) is 43.9 Å². The Hall–Kier alpha value is -2.05. The minimum atomic E-state index is -1.00. The van der Waals surface area contributed by atoms with E-state index in [4.69, 9.17) is 14.2 Å². The fourth-order valence-electron chi connectivity index (χ4n) is 3.48. The maximum Gasteiger partial charge on any atom is 0.167 e. The molecule has 0 bridgehead atoms. The van der Waals surface area contributed by atoms with Crippen LogP contribution < -0.4 is 4.74 Å². The Balaban J connectivity index is 1.73. The number of rotatable bonds is 8. The highest BCUT2D eigenvalue weighted by Crippen LogP contribution is 2.35. The molecular formula is C23H27F3O3. The molecule has 0 spiro atoms. The van der Waals surface area contributed by atoms with Gasteiger partial charge in [0.25, 0.3) is 0 Å². The van der Waals surface area contributed by atoms with Crippen molar-refractivity contribution in [2.24, 2.45) is 0 Å². The van der Waals surface area contributed by atoms with Crippen LogP contribution in [0.1, 0.15) is 51.2 Å². The fraction of sp³-hybridized carbons (Fsp3) is 0.478. The standard InChI is InChI=1S/C23H27F3O3/c1-3-5-12-28-16-7-11-20(29-14-16)18-9-8-17(22(25)23(18)26)15-6-10-21(27-4-2)19(24)13-15/h6,8-10,13,16,20H,3-5,7,11-12,14H2,1-2H3. The number of hydrogen-bond acceptors (Lipinski definition) is 3. The molecule has 2 atom stereocenters. The number of halogens is 3. The Morgan fingerprint density at radius 3 is 2.52 bits per heavy atom. The van der Waals surface area contributed by atoms with Gasteiger partial charge < -0.3 is 14.2 Å². The average molecular weight is 408 g/mol. The highest BCUT2D eigenvalue weighted by Gasteiger charge is 2.27. The molecule has 29 heavy (non-hydrogen) atoms. The molecule has 1 fully saturated rings. The van der Waals surface area contributed by atoms with Gasteiger partial charge >= 0.3 is 0 Å². The van der Waals surface area contributed by atoms with Crippen LogP contribution in [0.15, 0.2) is 30.3 Å². The lowest BCUT2D eigenvalue weighted by atomic mass is 9.96. The first-order chi connectivity index (χ1) is 14.0. The lowest BCUT2D eigenvalue weighted by Gasteiger charge is -2.29. The molecule has 0 saturated carbocycles. The Bertz CT molecular complexity index is 817. The molecule has 1 saturated heterocycles. The molecule has 158 valence electrons. The van der Waals surface area contributed by atoms with Crippen LogP contribution in [-0.2, 0) is 9.47 Å². The van der Waals surface area contributed by atoms with E-state index in [0.717, 1.165) is 25.3 Å². The summed E-state index contributed by atoms with van der Waals surface area (Å²) in [6.45, 7) is 5.21. The summed E-state index contributed by atoms with van der Waals surface area (Å²) in [5, 5.41) is 0. The summed E-state index contributed by atoms with van der Waals surface area (Å²) in [5.41, 5.74) is 0.442. The Morgan fingerprint density at radius 1 is 1.03 bits per heavy atom. The molecule has 2 aromatic carbocycles. The number of unbranched alkanes of at least 4 members (excludes halogenated alkanes) is 1. The monoisotopic (exact) mass is 408 g/mol. The van der Waals surface area contributed by atoms with Crippen molar-refractivity contribution in [3.63, 3.8) is 0 Å². The maximum atomic E-state index is 14.8. The van der Waals surface area contributed by atoms with E-state index in [1.807, 2.05) is 0 Å². The van der Waals surface area contributed by atoms with Gasteiger partial charge in [-0.25, -0.2) is 13.2 Å². The molecule has 3 rings (SSSR count). The zero-order valence-corrected chi connectivity index (χ0v) is 16.8. The smallest absolute Gasteiger partial charge is 0.167 e. The third kappa shape index (κ3) is 5.11. The predicted molar refractivity (Wildman–Crippen MR) is 105 cm³/mol. The second-order valence-corrected chi connectivity index (χ2v) is 7.15. The fourth-order valence-corrected chi connectivity index (χ4v) is 3.48. The van der Waals surface area contributed by atoms with E-state index < -0.39 is 23.6 Å². The lowest BCUT2D eigenvalue weighted by Crippen LogP contribution is -2.28. The number of hydrogen-bond donors (Lipinski definition) is 0. The quantitative estimate of drug-likeness (QED) is 0.486. The summed E-state index contributed by atoms with van der Waals surface area (Å²) in [6, 6.07) is 7.07. The molecule has 6 heteroatoms. The highest BCUT2D eigenvalue weighted by atomic mass is 19.2. The van der Waals surface area contributed by atoms with Crippen LogP contribution in [0, 0.1) is 17.5 Å². The molecule has 0 radical (unpaired) electrons. The normalized spacial score (nSPS) is 19.3. The predicted octanol–water partition coefficient (Wildman–Crippen LogP) is 6.21. The van der Waals surface area contributed by atoms with E-state index in [-0.39, 0.29) is 28.5 Å². The van der Waals surface area contributed by atoms with E-state index in [0.29, 0.717) is 26.2 Å². The molecule has 1 heterocycles. The summed E-state index contributed by atoms with van der Waals surface area (Å²) in [6.07, 6.45) is 2.84. The molecule has 0 aromatic heterocycles. The largest absolute Gasteiger partial charge is 0.491 e. The molecule has 1 aliphatic heterocycles. The van der Waals surface area contributed by atoms with Crippen molar-refractivity contribution >= 4 is 0 Å². The SMILES string of the molecule is CCCCOC1CCC(c2ccc(-c3ccc(OCC)c(F)c3)c(F)c2F)OC1. The van der Waals surface area contributed by atoms with Gasteiger partial charge in [0, 0.05) is 17.7 Å². The zero-order chi connectivity index (χ0) is 20.8. The summed E-state index contributed by atoms with van der Waals surface area (Å²) in [4.78, 5) is 0. The molecule has 2 aromatic rings. The van der Waals surface area contributed by atoms with E-state index in [1.165, 1.54) is 24.3 Å². The van der Waals surface area contributed by atoms with Crippen LogP contribution in [0.5, 0.6) is 5.75 Å². The molecule has 2 unspecified atom stereocenters. The number of ether oxygens (including phenoxy) is 3. The van der Waals surface area contributed by atoms with Crippen molar-refractivity contribution in [2.75, 3.05) is 19.8 Å². The number of benzene rings is 2. The topological polar surface area (TPSA) is 27.7 Å². The van der Waals surface area contributed by atoms with Gasteiger partial charge in [0.05, 0.1) is 25.4 Å². The van der Waals surface area contributed by atoms with Gasteiger partial charge in [0.15, 0.2) is 23.2 Å². The highest BCUT2D eigenvalue weighted by molar-refractivity contribution is 5.66. The third-order valence-corrected chi connectivity index (χ3v) is 5.09. The molecule has 3 nitrogen and oxygen atoms in total. The Kier molecular flexibility index (Phi) is 7.56. The summed E-state index contributed by atoms with van der Waals surface area (Å²) in [7, 11) is 0. The molecule has 0 amide bonds. The van der Waals surface area contributed by atoms with E-state index in [1.54, 1.807) is 6.92 Å². The Morgan fingerprint density at radius 2 is 1.86 bits per heavy atom. The molecule has 1 aliphatic rings. The molecule has 0 N–H and O–H groups in total. The van der Waals surface area contributed by atoms with Crippen LogP contribution in [0.3, 0.4) is 0 Å². The minimum absolute atomic E-state index is 0.00295. The van der Waals surface area contributed by atoms with Crippen molar-refractivity contribution in [2.45, 2.75) is 51.7 Å². The van der Waals surface area contributed by atoms with Crippen molar-refractivity contribution in [3.8, 4) is 16.9 Å². The third-order valence-electron chi connectivity index (χ3n) is 5.09. The van der Waals surface area contributed by atoms with Gasteiger partial charge in [-0.1, -0.05) is 31.5 Å². The second-order valence-electron chi connectivity index (χ2n) is 7.15. The van der Waals surface area contributed by atoms with Gasteiger partial charge in [-0.2, -0.15) is 0 Å². The first kappa shape index (κ1) is 21.7. The van der Waals surface area contributed by atoms with Gasteiger partial charge in [-0.3, -0.25) is 0 Å². The van der Waals surface area contributed by atoms with Crippen LogP contribution in [-0.4, -0.2) is 25.9 Å². The van der Waals surface area contributed by atoms with Gasteiger partial charge in [0.1, 0.15) is 0 Å². The summed E-state index contributed by atoms with van der Waals surface area (Å²) >= 11 is 0. The van der Waals surface area contributed by atoms with Crippen LogP contribution in [0.4, 0.5) is 13.2 Å². The first-order valence-corrected chi connectivity index (χ1v) is 10.2.